The van der Waals surface area contributed by atoms with Crippen LogP contribution in [0.3, 0.4) is 0 Å². The average Bonchev–Trinajstić information content (AvgIpc) is 2.62. The first kappa shape index (κ1) is 20.5. The van der Waals surface area contributed by atoms with Crippen molar-refractivity contribution in [3.8, 4) is 0 Å². The fraction of sp³-hybridized carbons (Fsp3) is 1.00. The van der Waals surface area contributed by atoms with E-state index in [1.165, 1.54) is 19.6 Å². The van der Waals surface area contributed by atoms with Gasteiger partial charge >= 0.3 is 0 Å². The summed E-state index contributed by atoms with van der Waals surface area (Å²) in [5.41, 5.74) is -0.0995. The van der Waals surface area contributed by atoms with Gasteiger partial charge in [-0.25, -0.2) is 12.7 Å². The third-order valence-corrected chi connectivity index (χ3v) is 8.29. The van der Waals surface area contributed by atoms with Crippen LogP contribution in [0.5, 0.6) is 0 Å². The van der Waals surface area contributed by atoms with Crippen LogP contribution in [0.25, 0.3) is 0 Å². The van der Waals surface area contributed by atoms with E-state index >= 15 is 0 Å². The number of rotatable bonds is 5. The Labute approximate surface area is 159 Å². The Morgan fingerprint density at radius 1 is 1.08 bits per heavy atom. The predicted molar refractivity (Wildman–Crippen MR) is 105 cm³/mol. The van der Waals surface area contributed by atoms with Gasteiger partial charge in [-0.3, -0.25) is 4.90 Å². The third kappa shape index (κ3) is 4.79. The molecule has 3 rings (SSSR count). The van der Waals surface area contributed by atoms with Gasteiger partial charge in [-0.2, -0.15) is 0 Å². The second kappa shape index (κ2) is 8.43. The van der Waals surface area contributed by atoms with Gasteiger partial charge in [0.25, 0.3) is 0 Å². The lowest BCUT2D eigenvalue weighted by Gasteiger charge is -2.49. The van der Waals surface area contributed by atoms with Crippen molar-refractivity contribution in [2.45, 2.75) is 58.1 Å². The Morgan fingerprint density at radius 3 is 2.31 bits per heavy atom. The molecule has 0 amide bonds. The highest BCUT2D eigenvalue weighted by Crippen LogP contribution is 2.37. The van der Waals surface area contributed by atoms with Crippen molar-refractivity contribution in [1.29, 1.82) is 0 Å². The summed E-state index contributed by atoms with van der Waals surface area (Å²) in [6.07, 6.45) is 3.87. The summed E-state index contributed by atoms with van der Waals surface area (Å²) in [6.45, 7) is 14.2. The molecule has 0 bridgehead atoms. The molecule has 7 heteroatoms. The number of piperidine rings is 1. The molecule has 6 nitrogen and oxygen atoms in total. The zero-order chi connectivity index (χ0) is 18.8. The fourth-order valence-corrected chi connectivity index (χ4v) is 5.95. The van der Waals surface area contributed by atoms with Crippen molar-refractivity contribution in [3.63, 3.8) is 0 Å². The molecule has 3 heterocycles. The molecular formula is C19H37N3O3S. The van der Waals surface area contributed by atoms with Crippen molar-refractivity contribution in [2.24, 2.45) is 5.92 Å². The van der Waals surface area contributed by atoms with Gasteiger partial charge in [0.1, 0.15) is 0 Å². The Kier molecular flexibility index (Phi) is 6.66. The van der Waals surface area contributed by atoms with Gasteiger partial charge in [-0.1, -0.05) is 13.8 Å². The SMILES string of the molecule is CCS(=O)(=O)N1CCC2(CC1)C[C@H](N1CCN(CC(C)C)CC1)CCO2. The Bertz CT molecular complexity index is 550. The summed E-state index contributed by atoms with van der Waals surface area (Å²) in [7, 11) is -3.06. The summed E-state index contributed by atoms with van der Waals surface area (Å²) in [6, 6.07) is 0.597. The van der Waals surface area contributed by atoms with Gasteiger partial charge < -0.3 is 9.64 Å². The summed E-state index contributed by atoms with van der Waals surface area (Å²) < 4.78 is 32.1. The second-order valence-corrected chi connectivity index (χ2v) is 11.0. The quantitative estimate of drug-likeness (QED) is 0.718. The first-order chi connectivity index (χ1) is 12.3. The van der Waals surface area contributed by atoms with Crippen molar-refractivity contribution in [3.05, 3.63) is 0 Å². The molecule has 3 saturated heterocycles. The Morgan fingerprint density at radius 2 is 1.73 bits per heavy atom. The van der Waals surface area contributed by atoms with Crippen molar-refractivity contribution >= 4 is 10.0 Å². The number of hydrogen-bond donors (Lipinski definition) is 0. The highest BCUT2D eigenvalue weighted by Gasteiger charge is 2.43. The normalized spacial score (nSPS) is 29.5. The number of nitrogens with zero attached hydrogens (tertiary/aromatic N) is 3. The van der Waals surface area contributed by atoms with E-state index in [1.807, 2.05) is 0 Å². The molecule has 0 N–H and O–H groups in total. The van der Waals surface area contributed by atoms with Gasteiger partial charge in [0.2, 0.25) is 10.0 Å². The molecule has 3 fully saturated rings. The maximum absolute atomic E-state index is 12.1. The van der Waals surface area contributed by atoms with E-state index < -0.39 is 10.0 Å². The van der Waals surface area contributed by atoms with Crippen LogP contribution in [0.1, 0.15) is 46.5 Å². The van der Waals surface area contributed by atoms with E-state index in [0.29, 0.717) is 19.1 Å². The van der Waals surface area contributed by atoms with Crippen LogP contribution in [0, 0.1) is 5.92 Å². The number of hydrogen-bond acceptors (Lipinski definition) is 5. The molecule has 0 aromatic heterocycles. The van der Waals surface area contributed by atoms with Crippen molar-refractivity contribution in [1.82, 2.24) is 14.1 Å². The molecule has 0 aromatic carbocycles. The highest BCUT2D eigenvalue weighted by atomic mass is 32.2. The molecule has 0 aromatic rings. The number of ether oxygens (including phenoxy) is 1. The molecular weight excluding hydrogens is 350 g/mol. The summed E-state index contributed by atoms with van der Waals surface area (Å²) >= 11 is 0. The second-order valence-electron chi connectivity index (χ2n) is 8.71. The molecule has 1 atom stereocenters. The monoisotopic (exact) mass is 387 g/mol. The minimum absolute atomic E-state index is 0.0995. The minimum Gasteiger partial charge on any atom is -0.375 e. The standard InChI is InChI=1S/C19H37N3O3S/c1-4-26(23,24)22-8-6-19(7-9-22)15-18(5-14-25-19)21-12-10-20(11-13-21)16-17(2)3/h17-18H,4-16H2,1-3H3/t18-/m1/s1. The molecule has 0 saturated carbocycles. The van der Waals surface area contributed by atoms with E-state index in [9.17, 15) is 8.42 Å². The zero-order valence-corrected chi connectivity index (χ0v) is 17.6. The highest BCUT2D eigenvalue weighted by molar-refractivity contribution is 7.89. The van der Waals surface area contributed by atoms with Gasteiger partial charge in [0.05, 0.1) is 11.4 Å². The van der Waals surface area contributed by atoms with Crippen LogP contribution in [-0.2, 0) is 14.8 Å². The maximum Gasteiger partial charge on any atom is 0.213 e. The van der Waals surface area contributed by atoms with Crippen molar-refractivity contribution in [2.75, 3.05) is 58.2 Å². The molecule has 26 heavy (non-hydrogen) atoms. The van der Waals surface area contributed by atoms with E-state index in [0.717, 1.165) is 51.3 Å². The van der Waals surface area contributed by atoms with Crippen LogP contribution >= 0.6 is 0 Å². The van der Waals surface area contributed by atoms with E-state index in [-0.39, 0.29) is 11.4 Å². The molecule has 0 radical (unpaired) electrons. The van der Waals surface area contributed by atoms with Crippen LogP contribution < -0.4 is 0 Å². The van der Waals surface area contributed by atoms with Gasteiger partial charge in [0.15, 0.2) is 0 Å². The third-order valence-electron chi connectivity index (χ3n) is 6.41. The van der Waals surface area contributed by atoms with Crippen molar-refractivity contribution < 1.29 is 13.2 Å². The van der Waals surface area contributed by atoms with Crippen LogP contribution in [0.2, 0.25) is 0 Å². The average molecular weight is 388 g/mol. The van der Waals surface area contributed by atoms with E-state index in [1.54, 1.807) is 11.2 Å². The minimum atomic E-state index is -3.06. The molecule has 3 aliphatic heterocycles. The first-order valence-electron chi connectivity index (χ1n) is 10.4. The zero-order valence-electron chi connectivity index (χ0n) is 16.8. The molecule has 152 valence electrons. The largest absolute Gasteiger partial charge is 0.375 e. The van der Waals surface area contributed by atoms with Crippen LogP contribution in [0.4, 0.5) is 0 Å². The molecule has 3 aliphatic rings. The van der Waals surface area contributed by atoms with Crippen LogP contribution in [0.15, 0.2) is 0 Å². The first-order valence-corrected chi connectivity index (χ1v) is 12.0. The lowest BCUT2D eigenvalue weighted by Crippen LogP contribution is -2.57. The fourth-order valence-electron chi connectivity index (χ4n) is 4.84. The lowest BCUT2D eigenvalue weighted by atomic mass is 9.82. The smallest absolute Gasteiger partial charge is 0.213 e. The summed E-state index contributed by atoms with van der Waals surface area (Å²) in [5, 5.41) is 0. The molecule has 0 unspecified atom stereocenters. The van der Waals surface area contributed by atoms with E-state index in [2.05, 4.69) is 23.6 Å². The topological polar surface area (TPSA) is 53.1 Å². The lowest BCUT2D eigenvalue weighted by molar-refractivity contribution is -0.130. The summed E-state index contributed by atoms with van der Waals surface area (Å²) in [4.78, 5) is 5.25. The Hall–Kier alpha value is -0.210. The van der Waals surface area contributed by atoms with E-state index in [4.69, 9.17) is 4.74 Å². The molecule has 0 aliphatic carbocycles. The predicted octanol–water partition coefficient (Wildman–Crippen LogP) is 1.62. The number of piperazine rings is 1. The summed E-state index contributed by atoms with van der Waals surface area (Å²) in [5.74, 6) is 0.932. The molecule has 1 spiro atoms. The van der Waals surface area contributed by atoms with Gasteiger partial charge in [0, 0.05) is 58.5 Å². The van der Waals surface area contributed by atoms with Gasteiger partial charge in [-0.05, 0) is 38.5 Å². The number of sulfonamides is 1. The maximum atomic E-state index is 12.1. The van der Waals surface area contributed by atoms with Crippen LogP contribution in [-0.4, -0.2) is 92.3 Å². The van der Waals surface area contributed by atoms with Gasteiger partial charge in [-0.15, -0.1) is 0 Å². The Balaban J connectivity index is 1.52.